The van der Waals surface area contributed by atoms with E-state index >= 15 is 0 Å². The summed E-state index contributed by atoms with van der Waals surface area (Å²) in [7, 11) is -1.34. The normalized spacial score (nSPS) is 12.0. The van der Waals surface area contributed by atoms with Gasteiger partial charge < -0.3 is 15.5 Å². The molecule has 0 saturated carbocycles. The molecule has 0 atom stereocenters. The lowest BCUT2D eigenvalue weighted by Crippen LogP contribution is -2.31. The smallest absolute Gasteiger partial charge is 0.186 e. The molecule has 4 heteroatoms. The fourth-order valence-electron chi connectivity index (χ4n) is 1.45. The molecule has 0 aliphatic rings. The Kier molecular flexibility index (Phi) is 8.47. The molecule has 0 aliphatic heterocycles. The van der Waals surface area contributed by atoms with E-state index < -0.39 is 8.32 Å². The van der Waals surface area contributed by atoms with Gasteiger partial charge in [0.25, 0.3) is 0 Å². The predicted molar refractivity (Wildman–Crippen MR) is 65.1 cm³/mol. The minimum atomic E-state index is -1.34. The van der Waals surface area contributed by atoms with Gasteiger partial charge in [0.15, 0.2) is 8.32 Å². The van der Waals surface area contributed by atoms with Gasteiger partial charge in [0.05, 0.1) is 0 Å². The SMILES string of the molecule is CCO[Si](C)(C)CCCNCCCN. The largest absolute Gasteiger partial charge is 0.418 e. The average molecular weight is 218 g/mol. The zero-order valence-electron chi connectivity index (χ0n) is 9.94. The van der Waals surface area contributed by atoms with Crippen LogP contribution >= 0.6 is 0 Å². The monoisotopic (exact) mass is 218 g/mol. The van der Waals surface area contributed by atoms with Crippen LogP contribution in [-0.4, -0.2) is 34.6 Å². The summed E-state index contributed by atoms with van der Waals surface area (Å²) in [5.41, 5.74) is 5.40. The summed E-state index contributed by atoms with van der Waals surface area (Å²) in [6, 6.07) is 1.25. The van der Waals surface area contributed by atoms with Gasteiger partial charge in [-0.15, -0.1) is 0 Å². The van der Waals surface area contributed by atoms with E-state index in [1.54, 1.807) is 0 Å². The summed E-state index contributed by atoms with van der Waals surface area (Å²) in [6.45, 7) is 10.4. The molecule has 0 aromatic carbocycles. The molecule has 0 aliphatic carbocycles. The quantitative estimate of drug-likeness (QED) is 0.456. The summed E-state index contributed by atoms with van der Waals surface area (Å²) in [6.07, 6.45) is 2.30. The first kappa shape index (κ1) is 14.1. The van der Waals surface area contributed by atoms with E-state index in [1.807, 2.05) is 0 Å². The zero-order valence-corrected chi connectivity index (χ0v) is 10.9. The van der Waals surface area contributed by atoms with Crippen LogP contribution in [0, 0.1) is 0 Å². The van der Waals surface area contributed by atoms with Crippen LogP contribution in [0.5, 0.6) is 0 Å². The van der Waals surface area contributed by atoms with E-state index in [4.69, 9.17) is 10.2 Å². The summed E-state index contributed by atoms with van der Waals surface area (Å²) < 4.78 is 5.75. The Balaban J connectivity index is 3.26. The Morgan fingerprint density at radius 2 is 1.86 bits per heavy atom. The second-order valence-electron chi connectivity index (χ2n) is 4.19. The van der Waals surface area contributed by atoms with Gasteiger partial charge in [-0.25, -0.2) is 0 Å². The van der Waals surface area contributed by atoms with Crippen LogP contribution in [0.1, 0.15) is 19.8 Å². The molecule has 0 aromatic heterocycles. The van der Waals surface area contributed by atoms with Crippen molar-refractivity contribution in [2.45, 2.75) is 38.9 Å². The van der Waals surface area contributed by atoms with Crippen LogP contribution in [0.4, 0.5) is 0 Å². The molecule has 0 radical (unpaired) electrons. The minimum Gasteiger partial charge on any atom is -0.418 e. The highest BCUT2D eigenvalue weighted by atomic mass is 28.4. The fraction of sp³-hybridized carbons (Fsp3) is 1.00. The van der Waals surface area contributed by atoms with Gasteiger partial charge in [-0.2, -0.15) is 0 Å². The van der Waals surface area contributed by atoms with Crippen LogP contribution in [-0.2, 0) is 4.43 Å². The van der Waals surface area contributed by atoms with Gasteiger partial charge in [-0.05, 0) is 58.5 Å². The van der Waals surface area contributed by atoms with Crippen LogP contribution in [0.25, 0.3) is 0 Å². The molecule has 0 bridgehead atoms. The van der Waals surface area contributed by atoms with Crippen LogP contribution < -0.4 is 11.1 Å². The van der Waals surface area contributed by atoms with Gasteiger partial charge in [0.1, 0.15) is 0 Å². The molecule has 0 spiro atoms. The molecule has 0 unspecified atom stereocenters. The minimum absolute atomic E-state index is 0.784. The Morgan fingerprint density at radius 1 is 1.21 bits per heavy atom. The highest BCUT2D eigenvalue weighted by molar-refractivity contribution is 6.71. The van der Waals surface area contributed by atoms with Crippen LogP contribution in [0.2, 0.25) is 19.1 Å². The molecule has 3 N–H and O–H groups in total. The van der Waals surface area contributed by atoms with Crippen molar-refractivity contribution >= 4 is 8.32 Å². The first-order valence-corrected chi connectivity index (χ1v) is 8.78. The van der Waals surface area contributed by atoms with E-state index in [9.17, 15) is 0 Å². The molecule has 0 amide bonds. The van der Waals surface area contributed by atoms with Crippen LogP contribution in [0.3, 0.4) is 0 Å². The average Bonchev–Trinajstić information content (AvgIpc) is 2.11. The van der Waals surface area contributed by atoms with Crippen molar-refractivity contribution in [3.63, 3.8) is 0 Å². The van der Waals surface area contributed by atoms with Crippen molar-refractivity contribution in [2.75, 3.05) is 26.2 Å². The molecule has 0 saturated heterocycles. The van der Waals surface area contributed by atoms with Gasteiger partial charge in [0.2, 0.25) is 0 Å². The van der Waals surface area contributed by atoms with E-state index in [0.29, 0.717) is 0 Å². The Labute approximate surface area is 89.5 Å². The first-order chi connectivity index (χ1) is 6.62. The molecule has 14 heavy (non-hydrogen) atoms. The Hall–Kier alpha value is 0.0969. The van der Waals surface area contributed by atoms with Crippen molar-refractivity contribution in [1.29, 1.82) is 0 Å². The zero-order chi connectivity index (χ0) is 10.9. The standard InChI is InChI=1S/C10H26N2OSi/c1-4-13-14(2,3)10-6-9-12-8-5-7-11/h12H,4-11H2,1-3H3. The Morgan fingerprint density at radius 3 is 2.43 bits per heavy atom. The molecule has 0 fully saturated rings. The Bertz CT molecular complexity index is 131. The topological polar surface area (TPSA) is 47.3 Å². The molecule has 86 valence electrons. The van der Waals surface area contributed by atoms with E-state index in [1.165, 1.54) is 12.5 Å². The van der Waals surface area contributed by atoms with E-state index in [0.717, 1.165) is 32.7 Å². The summed E-state index contributed by atoms with van der Waals surface area (Å²) in [4.78, 5) is 0. The number of rotatable bonds is 9. The second-order valence-corrected chi connectivity index (χ2v) is 8.50. The van der Waals surface area contributed by atoms with Gasteiger partial charge in [-0.3, -0.25) is 0 Å². The summed E-state index contributed by atoms with van der Waals surface area (Å²) >= 11 is 0. The molecule has 0 heterocycles. The maximum atomic E-state index is 5.75. The van der Waals surface area contributed by atoms with Crippen molar-refractivity contribution in [2.24, 2.45) is 5.73 Å². The lowest BCUT2D eigenvalue weighted by molar-refractivity contribution is 0.328. The third-order valence-electron chi connectivity index (χ3n) is 2.23. The highest BCUT2D eigenvalue weighted by Gasteiger charge is 2.20. The number of nitrogens with two attached hydrogens (primary N) is 1. The van der Waals surface area contributed by atoms with Gasteiger partial charge in [0, 0.05) is 6.61 Å². The molecular weight excluding hydrogens is 192 g/mol. The van der Waals surface area contributed by atoms with Crippen molar-refractivity contribution < 1.29 is 4.43 Å². The number of nitrogens with one attached hydrogen (secondary N) is 1. The lowest BCUT2D eigenvalue weighted by Gasteiger charge is -2.21. The van der Waals surface area contributed by atoms with E-state index in [-0.39, 0.29) is 0 Å². The third-order valence-corrected chi connectivity index (χ3v) is 4.85. The van der Waals surface area contributed by atoms with Crippen LogP contribution in [0.15, 0.2) is 0 Å². The van der Waals surface area contributed by atoms with E-state index in [2.05, 4.69) is 25.3 Å². The van der Waals surface area contributed by atoms with Crippen molar-refractivity contribution in [1.82, 2.24) is 5.32 Å². The first-order valence-electron chi connectivity index (χ1n) is 5.67. The molecule has 3 nitrogen and oxygen atoms in total. The van der Waals surface area contributed by atoms with Gasteiger partial charge in [-0.1, -0.05) is 0 Å². The second kappa shape index (κ2) is 8.41. The third kappa shape index (κ3) is 8.68. The maximum Gasteiger partial charge on any atom is 0.186 e. The van der Waals surface area contributed by atoms with Gasteiger partial charge >= 0.3 is 0 Å². The fourth-order valence-corrected chi connectivity index (χ4v) is 3.41. The molecule has 0 aromatic rings. The lowest BCUT2D eigenvalue weighted by atomic mass is 10.4. The molecule has 0 rings (SSSR count). The number of hydrogen-bond donors (Lipinski definition) is 2. The maximum absolute atomic E-state index is 5.75. The number of hydrogen-bond acceptors (Lipinski definition) is 3. The van der Waals surface area contributed by atoms with Crippen molar-refractivity contribution in [3.05, 3.63) is 0 Å². The summed E-state index contributed by atoms with van der Waals surface area (Å²) in [5.74, 6) is 0. The predicted octanol–water partition coefficient (Wildman–Crippen LogP) is 1.56. The summed E-state index contributed by atoms with van der Waals surface area (Å²) in [5, 5.41) is 3.39. The molecular formula is C10H26N2OSi. The highest BCUT2D eigenvalue weighted by Crippen LogP contribution is 2.12. The van der Waals surface area contributed by atoms with Crippen molar-refractivity contribution in [3.8, 4) is 0 Å².